The molecule has 0 atom stereocenters. The van der Waals surface area contributed by atoms with E-state index in [1.165, 1.54) is 23.4 Å². The van der Waals surface area contributed by atoms with Crippen LogP contribution in [0.3, 0.4) is 0 Å². The molecule has 0 unspecified atom stereocenters. The largest absolute Gasteiger partial charge is 0.352 e. The first-order valence-electron chi connectivity index (χ1n) is 6.56. The van der Waals surface area contributed by atoms with E-state index in [-0.39, 0.29) is 5.91 Å². The van der Waals surface area contributed by atoms with Gasteiger partial charge in [0.05, 0.1) is 10.6 Å². The average Bonchev–Trinajstić information content (AvgIpc) is 2.49. The number of benzene rings is 1. The van der Waals surface area contributed by atoms with Crippen molar-refractivity contribution in [2.45, 2.75) is 13.3 Å². The standard InChI is InChI=1S/C15H17ClN4O/c1-10-4-2-3-5-11(10)6-7-18-15(21)12-8-13(16)14(20-17)19-9-12/h2-5,8-9H,6-7,17H2,1H3,(H,18,21)(H,19,20). The number of hydrogen-bond donors (Lipinski definition) is 3. The number of aryl methyl sites for hydroxylation is 1. The van der Waals surface area contributed by atoms with Gasteiger partial charge in [0.25, 0.3) is 5.91 Å². The van der Waals surface area contributed by atoms with Crippen molar-refractivity contribution in [3.05, 3.63) is 58.2 Å². The van der Waals surface area contributed by atoms with Crippen LogP contribution >= 0.6 is 11.6 Å². The molecule has 2 aromatic rings. The second-order valence-corrected chi connectivity index (χ2v) is 5.04. The fourth-order valence-corrected chi connectivity index (χ4v) is 2.19. The number of nitrogens with one attached hydrogen (secondary N) is 2. The summed E-state index contributed by atoms with van der Waals surface area (Å²) in [7, 11) is 0. The smallest absolute Gasteiger partial charge is 0.252 e. The Labute approximate surface area is 128 Å². The van der Waals surface area contributed by atoms with Gasteiger partial charge >= 0.3 is 0 Å². The number of carbonyl (C=O) groups is 1. The van der Waals surface area contributed by atoms with Gasteiger partial charge in [0.2, 0.25) is 0 Å². The second kappa shape index (κ2) is 7.06. The summed E-state index contributed by atoms with van der Waals surface area (Å²) < 4.78 is 0. The molecule has 0 saturated carbocycles. The molecule has 21 heavy (non-hydrogen) atoms. The Morgan fingerprint density at radius 3 is 2.81 bits per heavy atom. The molecular formula is C15H17ClN4O. The molecule has 0 aliphatic rings. The summed E-state index contributed by atoms with van der Waals surface area (Å²) in [6.45, 7) is 2.61. The molecular weight excluding hydrogens is 288 g/mol. The Kier molecular flexibility index (Phi) is 5.14. The minimum atomic E-state index is -0.207. The van der Waals surface area contributed by atoms with Gasteiger partial charge < -0.3 is 10.7 Å². The van der Waals surface area contributed by atoms with Crippen molar-refractivity contribution in [2.75, 3.05) is 12.0 Å². The van der Waals surface area contributed by atoms with Crippen molar-refractivity contribution >= 4 is 23.3 Å². The molecule has 0 fully saturated rings. The number of nitrogens with two attached hydrogens (primary N) is 1. The summed E-state index contributed by atoms with van der Waals surface area (Å²) in [5.41, 5.74) is 5.20. The fraction of sp³-hybridized carbons (Fsp3) is 0.200. The molecule has 0 aliphatic heterocycles. The van der Waals surface area contributed by atoms with Crippen LogP contribution in [0.2, 0.25) is 5.02 Å². The van der Waals surface area contributed by atoms with Gasteiger partial charge in [-0.3, -0.25) is 4.79 Å². The van der Waals surface area contributed by atoms with E-state index in [1.54, 1.807) is 0 Å². The fourth-order valence-electron chi connectivity index (χ4n) is 1.97. The third-order valence-corrected chi connectivity index (χ3v) is 3.47. The Morgan fingerprint density at radius 1 is 1.38 bits per heavy atom. The Bertz CT molecular complexity index is 645. The molecule has 0 spiro atoms. The van der Waals surface area contributed by atoms with Crippen LogP contribution in [0.4, 0.5) is 5.82 Å². The molecule has 0 bridgehead atoms. The number of carbonyl (C=O) groups excluding carboxylic acids is 1. The van der Waals surface area contributed by atoms with Crippen LogP contribution in [0, 0.1) is 6.92 Å². The van der Waals surface area contributed by atoms with Crippen LogP contribution in [-0.4, -0.2) is 17.4 Å². The Hall–Kier alpha value is -2.11. The first-order valence-corrected chi connectivity index (χ1v) is 6.94. The molecule has 0 saturated heterocycles. The van der Waals surface area contributed by atoms with E-state index in [4.69, 9.17) is 17.4 Å². The predicted octanol–water partition coefficient (Wildman–Crippen LogP) is 2.30. The zero-order chi connectivity index (χ0) is 15.2. The van der Waals surface area contributed by atoms with Gasteiger partial charge in [-0.2, -0.15) is 0 Å². The van der Waals surface area contributed by atoms with Crippen molar-refractivity contribution in [3.63, 3.8) is 0 Å². The third-order valence-electron chi connectivity index (χ3n) is 3.18. The summed E-state index contributed by atoms with van der Waals surface area (Å²) in [6.07, 6.45) is 2.21. The summed E-state index contributed by atoms with van der Waals surface area (Å²) in [5.74, 6) is 5.37. The monoisotopic (exact) mass is 304 g/mol. The highest BCUT2D eigenvalue weighted by Crippen LogP contribution is 2.18. The highest BCUT2D eigenvalue weighted by Gasteiger charge is 2.09. The average molecular weight is 305 g/mol. The molecule has 1 aromatic heterocycles. The highest BCUT2D eigenvalue weighted by molar-refractivity contribution is 6.33. The number of nitrogen functional groups attached to an aromatic ring is 1. The quantitative estimate of drug-likeness (QED) is 0.585. The lowest BCUT2D eigenvalue weighted by molar-refractivity contribution is 0.0954. The van der Waals surface area contributed by atoms with Crippen LogP contribution in [0.25, 0.3) is 0 Å². The number of halogens is 1. The zero-order valence-electron chi connectivity index (χ0n) is 11.7. The van der Waals surface area contributed by atoms with Crippen LogP contribution < -0.4 is 16.6 Å². The number of rotatable bonds is 5. The minimum absolute atomic E-state index is 0.207. The first kappa shape index (κ1) is 15.3. The first-order chi connectivity index (χ1) is 10.1. The van der Waals surface area contributed by atoms with Crippen LogP contribution in [0.1, 0.15) is 21.5 Å². The van der Waals surface area contributed by atoms with Crippen molar-refractivity contribution in [3.8, 4) is 0 Å². The molecule has 2 rings (SSSR count). The Morgan fingerprint density at radius 2 is 2.14 bits per heavy atom. The normalized spacial score (nSPS) is 10.2. The van der Waals surface area contributed by atoms with E-state index < -0.39 is 0 Å². The van der Waals surface area contributed by atoms with E-state index in [0.717, 1.165) is 6.42 Å². The SMILES string of the molecule is Cc1ccccc1CCNC(=O)c1cnc(NN)c(Cl)c1. The van der Waals surface area contributed by atoms with Gasteiger partial charge in [0.1, 0.15) is 0 Å². The highest BCUT2D eigenvalue weighted by atomic mass is 35.5. The van der Waals surface area contributed by atoms with E-state index in [9.17, 15) is 4.79 Å². The van der Waals surface area contributed by atoms with E-state index in [1.807, 2.05) is 12.1 Å². The van der Waals surface area contributed by atoms with Gasteiger partial charge in [0.15, 0.2) is 5.82 Å². The predicted molar refractivity (Wildman–Crippen MR) is 84.3 cm³/mol. The maximum absolute atomic E-state index is 12.0. The van der Waals surface area contributed by atoms with Crippen LogP contribution in [0.15, 0.2) is 36.5 Å². The summed E-state index contributed by atoms with van der Waals surface area (Å²) in [6, 6.07) is 9.64. The maximum Gasteiger partial charge on any atom is 0.252 e. The number of pyridine rings is 1. The number of hydrazine groups is 1. The molecule has 110 valence electrons. The van der Waals surface area contributed by atoms with Crippen molar-refractivity contribution < 1.29 is 4.79 Å². The zero-order valence-corrected chi connectivity index (χ0v) is 12.4. The molecule has 1 aromatic carbocycles. The Balaban J connectivity index is 1.93. The number of aromatic nitrogens is 1. The molecule has 6 heteroatoms. The number of anilines is 1. The molecule has 1 heterocycles. The van der Waals surface area contributed by atoms with Gasteiger partial charge in [-0.15, -0.1) is 0 Å². The van der Waals surface area contributed by atoms with Gasteiger partial charge in [-0.1, -0.05) is 35.9 Å². The number of amides is 1. The van der Waals surface area contributed by atoms with Crippen molar-refractivity contribution in [1.29, 1.82) is 0 Å². The van der Waals surface area contributed by atoms with E-state index in [2.05, 4.69) is 34.8 Å². The van der Waals surface area contributed by atoms with Crippen molar-refractivity contribution in [2.24, 2.45) is 5.84 Å². The lowest BCUT2D eigenvalue weighted by atomic mass is 10.1. The molecule has 4 N–H and O–H groups in total. The molecule has 0 aliphatic carbocycles. The van der Waals surface area contributed by atoms with Crippen LogP contribution in [-0.2, 0) is 6.42 Å². The van der Waals surface area contributed by atoms with Crippen LogP contribution in [0.5, 0.6) is 0 Å². The summed E-state index contributed by atoms with van der Waals surface area (Å²) in [4.78, 5) is 16.0. The maximum atomic E-state index is 12.0. The lowest BCUT2D eigenvalue weighted by Crippen LogP contribution is -2.26. The summed E-state index contributed by atoms with van der Waals surface area (Å²) in [5, 5.41) is 3.16. The lowest BCUT2D eigenvalue weighted by Gasteiger charge is -2.08. The third kappa shape index (κ3) is 3.93. The molecule has 0 radical (unpaired) electrons. The number of nitrogens with zero attached hydrogens (tertiary/aromatic N) is 1. The summed E-state index contributed by atoms with van der Waals surface area (Å²) >= 11 is 5.94. The number of hydrogen-bond acceptors (Lipinski definition) is 4. The topological polar surface area (TPSA) is 80.0 Å². The van der Waals surface area contributed by atoms with Gasteiger partial charge in [0, 0.05) is 12.7 Å². The second-order valence-electron chi connectivity index (χ2n) is 4.63. The van der Waals surface area contributed by atoms with Gasteiger partial charge in [-0.25, -0.2) is 10.8 Å². The van der Waals surface area contributed by atoms with E-state index >= 15 is 0 Å². The van der Waals surface area contributed by atoms with Gasteiger partial charge in [-0.05, 0) is 30.5 Å². The molecule has 5 nitrogen and oxygen atoms in total. The van der Waals surface area contributed by atoms with Crippen molar-refractivity contribution in [1.82, 2.24) is 10.3 Å². The minimum Gasteiger partial charge on any atom is -0.352 e. The molecule has 1 amide bonds. The van der Waals surface area contributed by atoms with E-state index in [0.29, 0.717) is 22.9 Å².